The number of urea groups is 1. The quantitative estimate of drug-likeness (QED) is 0.617. The lowest BCUT2D eigenvalue weighted by atomic mass is 9.98. The summed E-state index contributed by atoms with van der Waals surface area (Å²) < 4.78 is 32.7. The highest BCUT2D eigenvalue weighted by molar-refractivity contribution is 7.89. The number of carbonyl (C=O) groups is 3. The minimum Gasteiger partial charge on any atom is -0.495 e. The second-order valence-corrected chi connectivity index (χ2v) is 10.4. The van der Waals surface area contributed by atoms with Crippen molar-refractivity contribution in [1.29, 1.82) is 0 Å². The molecule has 4 amide bonds. The van der Waals surface area contributed by atoms with Crippen molar-refractivity contribution in [3.05, 3.63) is 18.2 Å². The van der Waals surface area contributed by atoms with Crippen molar-refractivity contribution in [2.45, 2.75) is 55.4 Å². The van der Waals surface area contributed by atoms with Crippen LogP contribution in [0.3, 0.4) is 0 Å². The molecule has 1 spiro atoms. The van der Waals surface area contributed by atoms with E-state index in [9.17, 15) is 22.8 Å². The summed E-state index contributed by atoms with van der Waals surface area (Å²) in [4.78, 5) is 38.7. The Bertz CT molecular complexity index is 1030. The number of amides is 4. The Kier molecular flexibility index (Phi) is 6.13. The third-order valence-electron chi connectivity index (χ3n) is 6.40. The number of anilines is 1. The first-order chi connectivity index (χ1) is 15.3. The molecule has 1 aromatic rings. The first-order valence-corrected chi connectivity index (χ1v) is 12.3. The summed E-state index contributed by atoms with van der Waals surface area (Å²) in [6, 6.07) is 3.69. The molecule has 1 aromatic carbocycles. The molecule has 1 aliphatic carbocycles. The number of sulfonamides is 1. The maximum absolute atomic E-state index is 13.0. The van der Waals surface area contributed by atoms with Gasteiger partial charge in [0.2, 0.25) is 15.9 Å². The molecule has 0 radical (unpaired) electrons. The standard InChI is InChI=1S/C21H28N4O6S/c1-31-17-8-7-15(32(29,30)24-11-5-2-6-12-24)13-16(17)22-18(26)14-25-19(27)21(23-20(25)28)9-3-4-10-21/h7-8,13H,2-6,9-12,14H2,1H3,(H,22,26)(H,23,28). The SMILES string of the molecule is COc1ccc(S(=O)(=O)N2CCCCC2)cc1NC(=O)CN1C(=O)NC2(CCCC2)C1=O. The summed E-state index contributed by atoms with van der Waals surface area (Å²) >= 11 is 0. The number of rotatable bonds is 6. The van der Waals surface area contributed by atoms with Gasteiger partial charge in [-0.3, -0.25) is 14.5 Å². The monoisotopic (exact) mass is 464 g/mol. The fourth-order valence-corrected chi connectivity index (χ4v) is 6.21. The molecule has 2 heterocycles. The highest BCUT2D eigenvalue weighted by Gasteiger charge is 2.52. The van der Waals surface area contributed by atoms with Crippen molar-refractivity contribution < 1.29 is 27.5 Å². The van der Waals surface area contributed by atoms with Crippen molar-refractivity contribution in [3.8, 4) is 5.75 Å². The number of methoxy groups -OCH3 is 1. The number of piperidine rings is 1. The summed E-state index contributed by atoms with van der Waals surface area (Å²) in [6.07, 6.45) is 5.46. The minimum absolute atomic E-state index is 0.0513. The summed E-state index contributed by atoms with van der Waals surface area (Å²) in [6.45, 7) is 0.465. The van der Waals surface area contributed by atoms with Crippen molar-refractivity contribution in [2.24, 2.45) is 0 Å². The highest BCUT2D eigenvalue weighted by Crippen LogP contribution is 2.35. The third-order valence-corrected chi connectivity index (χ3v) is 8.30. The Morgan fingerprint density at radius 3 is 2.47 bits per heavy atom. The van der Waals surface area contributed by atoms with Gasteiger partial charge in [-0.25, -0.2) is 13.2 Å². The molecular formula is C21H28N4O6S. The normalized spacial score (nSPS) is 21.1. The van der Waals surface area contributed by atoms with Crippen LogP contribution in [0.15, 0.2) is 23.1 Å². The molecule has 1 saturated carbocycles. The van der Waals surface area contributed by atoms with E-state index in [2.05, 4.69) is 10.6 Å². The number of carbonyl (C=O) groups excluding carboxylic acids is 3. The van der Waals surface area contributed by atoms with Gasteiger partial charge in [-0.05, 0) is 43.9 Å². The molecular weight excluding hydrogens is 436 g/mol. The molecule has 3 aliphatic rings. The van der Waals surface area contributed by atoms with Gasteiger partial charge in [0, 0.05) is 13.1 Å². The fraction of sp³-hybridized carbons (Fsp3) is 0.571. The predicted octanol–water partition coefficient (Wildman–Crippen LogP) is 1.67. The van der Waals surface area contributed by atoms with E-state index >= 15 is 0 Å². The minimum atomic E-state index is -3.70. The van der Waals surface area contributed by atoms with E-state index in [0.29, 0.717) is 25.9 Å². The number of imide groups is 1. The number of benzene rings is 1. The maximum Gasteiger partial charge on any atom is 0.325 e. The number of ether oxygens (including phenoxy) is 1. The van der Waals surface area contributed by atoms with Crippen molar-refractivity contribution >= 4 is 33.6 Å². The van der Waals surface area contributed by atoms with Gasteiger partial charge in [-0.15, -0.1) is 0 Å². The lowest BCUT2D eigenvalue weighted by molar-refractivity contribution is -0.133. The Morgan fingerprint density at radius 1 is 1.12 bits per heavy atom. The highest BCUT2D eigenvalue weighted by atomic mass is 32.2. The van der Waals surface area contributed by atoms with Gasteiger partial charge < -0.3 is 15.4 Å². The van der Waals surface area contributed by atoms with E-state index in [1.165, 1.54) is 29.6 Å². The zero-order valence-corrected chi connectivity index (χ0v) is 18.9. The zero-order valence-electron chi connectivity index (χ0n) is 18.1. The van der Waals surface area contributed by atoms with Crippen LogP contribution in [0.5, 0.6) is 5.75 Å². The Morgan fingerprint density at radius 2 is 1.81 bits per heavy atom. The summed E-state index contributed by atoms with van der Waals surface area (Å²) in [5.41, 5.74) is -0.726. The Labute approximate surface area is 187 Å². The number of nitrogens with one attached hydrogen (secondary N) is 2. The van der Waals surface area contributed by atoms with Crippen LogP contribution < -0.4 is 15.4 Å². The van der Waals surface area contributed by atoms with Crippen LogP contribution in [-0.4, -0.2) is 67.8 Å². The van der Waals surface area contributed by atoms with Gasteiger partial charge in [0.15, 0.2) is 0 Å². The third kappa shape index (κ3) is 4.06. The molecule has 0 unspecified atom stereocenters. The Hall–Kier alpha value is -2.66. The van der Waals surface area contributed by atoms with Crippen LogP contribution in [-0.2, 0) is 19.6 Å². The first-order valence-electron chi connectivity index (χ1n) is 10.9. The summed E-state index contributed by atoms with van der Waals surface area (Å²) in [5.74, 6) is -0.724. The van der Waals surface area contributed by atoms with Crippen LogP contribution in [0.25, 0.3) is 0 Å². The van der Waals surface area contributed by atoms with Crippen LogP contribution in [0.1, 0.15) is 44.9 Å². The van der Waals surface area contributed by atoms with Crippen molar-refractivity contribution in [3.63, 3.8) is 0 Å². The lowest BCUT2D eigenvalue weighted by Crippen LogP contribution is -2.44. The molecule has 174 valence electrons. The van der Waals surface area contributed by atoms with Crippen molar-refractivity contribution in [2.75, 3.05) is 32.1 Å². The van der Waals surface area contributed by atoms with E-state index in [-0.39, 0.29) is 22.2 Å². The molecule has 32 heavy (non-hydrogen) atoms. The largest absolute Gasteiger partial charge is 0.495 e. The molecule has 2 aliphatic heterocycles. The second kappa shape index (κ2) is 8.70. The van der Waals surface area contributed by atoms with Crippen molar-refractivity contribution in [1.82, 2.24) is 14.5 Å². The Balaban J connectivity index is 1.51. The van der Waals surface area contributed by atoms with Gasteiger partial charge in [-0.2, -0.15) is 4.31 Å². The lowest BCUT2D eigenvalue weighted by Gasteiger charge is -2.26. The van der Waals surface area contributed by atoms with Gasteiger partial charge in [0.25, 0.3) is 5.91 Å². The topological polar surface area (TPSA) is 125 Å². The van der Waals surface area contributed by atoms with E-state index in [1.54, 1.807) is 0 Å². The molecule has 11 heteroatoms. The summed E-state index contributed by atoms with van der Waals surface area (Å²) in [5, 5.41) is 5.34. The van der Waals surface area contributed by atoms with Crippen LogP contribution in [0.4, 0.5) is 10.5 Å². The molecule has 0 aromatic heterocycles. The van der Waals surface area contributed by atoms with Gasteiger partial charge >= 0.3 is 6.03 Å². The predicted molar refractivity (Wildman–Crippen MR) is 116 cm³/mol. The molecule has 3 fully saturated rings. The first kappa shape index (κ1) is 22.5. The smallest absolute Gasteiger partial charge is 0.325 e. The van der Waals surface area contributed by atoms with Gasteiger partial charge in [0.1, 0.15) is 17.8 Å². The maximum atomic E-state index is 13.0. The second-order valence-electron chi connectivity index (χ2n) is 8.49. The van der Waals surface area contributed by atoms with Gasteiger partial charge in [0.05, 0.1) is 17.7 Å². The molecule has 10 nitrogen and oxygen atoms in total. The number of nitrogens with zero attached hydrogens (tertiary/aromatic N) is 2. The summed E-state index contributed by atoms with van der Waals surface area (Å²) in [7, 11) is -2.29. The van der Waals surface area contributed by atoms with Crippen LogP contribution >= 0.6 is 0 Å². The van der Waals surface area contributed by atoms with Crippen LogP contribution in [0, 0.1) is 0 Å². The average Bonchev–Trinajstić information content (AvgIpc) is 3.34. The van der Waals surface area contributed by atoms with E-state index in [4.69, 9.17) is 4.74 Å². The van der Waals surface area contributed by atoms with Gasteiger partial charge in [-0.1, -0.05) is 19.3 Å². The van der Waals surface area contributed by atoms with E-state index in [1.807, 2.05) is 0 Å². The van der Waals surface area contributed by atoms with E-state index in [0.717, 1.165) is 37.0 Å². The number of hydrogen-bond acceptors (Lipinski definition) is 6. The van der Waals surface area contributed by atoms with E-state index < -0.39 is 34.0 Å². The zero-order chi connectivity index (χ0) is 22.9. The molecule has 4 rings (SSSR count). The molecule has 2 saturated heterocycles. The fourth-order valence-electron chi connectivity index (χ4n) is 4.67. The molecule has 2 N–H and O–H groups in total. The molecule has 0 bridgehead atoms. The number of hydrogen-bond donors (Lipinski definition) is 2. The van der Waals surface area contributed by atoms with Crippen LogP contribution in [0.2, 0.25) is 0 Å². The molecule has 0 atom stereocenters. The average molecular weight is 465 g/mol.